The monoisotopic (exact) mass is 768 g/mol. The lowest BCUT2D eigenvalue weighted by molar-refractivity contribution is -0.161. The lowest BCUT2D eigenvalue weighted by Gasteiger charge is -2.20. The Kier molecular flexibility index (Phi) is 36.3. The van der Waals surface area contributed by atoms with E-state index in [1.165, 1.54) is 38.5 Å². The second kappa shape index (κ2) is 38.0. The van der Waals surface area contributed by atoms with Crippen molar-refractivity contribution < 1.29 is 47.8 Å². The number of aliphatic hydroxyl groups is 2. The molecule has 0 amide bonds. The van der Waals surface area contributed by atoms with Crippen molar-refractivity contribution in [3.8, 4) is 0 Å². The van der Waals surface area contributed by atoms with E-state index in [2.05, 4.69) is 79.1 Å². The first kappa shape index (κ1) is 50.7. The molecule has 0 saturated heterocycles. The number of carbonyl (C=O) groups excluding carboxylic acids is 2. The van der Waals surface area contributed by atoms with Gasteiger partial charge in [0, 0.05) is 12.8 Å². The highest BCUT2D eigenvalue weighted by molar-refractivity contribution is 7.47. The fraction of sp³-hybridized carbons (Fsp3) is 0.714. The van der Waals surface area contributed by atoms with E-state index in [9.17, 15) is 24.2 Å². The summed E-state index contributed by atoms with van der Waals surface area (Å²) in [5.41, 5.74) is 0. The third kappa shape index (κ3) is 37.8. The van der Waals surface area contributed by atoms with Gasteiger partial charge in [-0.05, 0) is 83.5 Å². The van der Waals surface area contributed by atoms with Gasteiger partial charge in [-0.1, -0.05) is 120 Å². The van der Waals surface area contributed by atoms with Gasteiger partial charge in [0.25, 0.3) is 0 Å². The predicted molar refractivity (Wildman–Crippen MR) is 214 cm³/mol. The van der Waals surface area contributed by atoms with E-state index in [1.54, 1.807) is 0 Å². The number of rotatable bonds is 37. The number of esters is 2. The SMILES string of the molecule is CCCCC/C=C\C/C=C\C/C=C\CCCCC(=O)O[C@H](COC(=O)CCCCCCC/C=C\C/C=C\CCCCC)COP(=O)(O)OC[C@@H](O)CO. The van der Waals surface area contributed by atoms with Gasteiger partial charge < -0.3 is 24.6 Å². The number of aliphatic hydroxyl groups excluding tert-OH is 2. The average Bonchev–Trinajstić information content (AvgIpc) is 3.14. The van der Waals surface area contributed by atoms with Crippen molar-refractivity contribution in [2.45, 2.75) is 167 Å². The topological polar surface area (TPSA) is 149 Å². The van der Waals surface area contributed by atoms with Crippen molar-refractivity contribution in [3.05, 3.63) is 60.8 Å². The molecule has 0 aliphatic carbocycles. The molecule has 0 aromatic heterocycles. The third-order valence-corrected chi connectivity index (χ3v) is 9.10. The number of hydrogen-bond donors (Lipinski definition) is 3. The lowest BCUT2D eigenvalue weighted by Crippen LogP contribution is -2.29. The minimum Gasteiger partial charge on any atom is -0.462 e. The molecule has 0 rings (SSSR count). The first-order valence-electron chi connectivity index (χ1n) is 20.2. The van der Waals surface area contributed by atoms with Crippen LogP contribution in [0.2, 0.25) is 0 Å². The van der Waals surface area contributed by atoms with Gasteiger partial charge in [-0.2, -0.15) is 0 Å². The van der Waals surface area contributed by atoms with Crippen LogP contribution in [0, 0.1) is 0 Å². The highest BCUT2D eigenvalue weighted by Gasteiger charge is 2.27. The zero-order valence-electron chi connectivity index (χ0n) is 33.0. The molecule has 0 aromatic rings. The Hall–Kier alpha value is -2.33. The number of hydrogen-bond acceptors (Lipinski definition) is 9. The second-order valence-electron chi connectivity index (χ2n) is 13.3. The standard InChI is InChI=1S/C42H73O10P/c1-3-5-7-9-11-13-15-17-19-21-23-25-27-29-31-33-41(45)49-37-40(38-51-53(47,48)50-36-39(44)35-43)52-42(46)34-32-30-28-26-24-22-20-18-16-14-12-10-8-6-4-2/h11-14,17-20,24,26,39-40,43-44H,3-10,15-16,21-23,25,27-38H2,1-2H3,(H,47,48)/b13-11-,14-12-,19-17-,20-18-,26-24-/t39-,40+/m0/s1. The Morgan fingerprint density at radius 3 is 1.51 bits per heavy atom. The summed E-state index contributed by atoms with van der Waals surface area (Å²) in [6, 6.07) is 0. The van der Waals surface area contributed by atoms with Gasteiger partial charge in [-0.15, -0.1) is 0 Å². The molecule has 0 fully saturated rings. The maximum atomic E-state index is 12.6. The Bertz CT molecular complexity index is 1070. The van der Waals surface area contributed by atoms with Gasteiger partial charge in [0.05, 0.1) is 19.8 Å². The van der Waals surface area contributed by atoms with E-state index in [-0.39, 0.29) is 19.4 Å². The molecule has 0 aliphatic rings. The number of phosphoric ester groups is 1. The molecule has 53 heavy (non-hydrogen) atoms. The molecule has 3 N–H and O–H groups in total. The summed E-state index contributed by atoms with van der Waals surface area (Å²) in [4.78, 5) is 34.9. The summed E-state index contributed by atoms with van der Waals surface area (Å²) in [6.45, 7) is 2.24. The van der Waals surface area contributed by atoms with E-state index >= 15 is 0 Å². The first-order valence-corrected chi connectivity index (χ1v) is 21.7. The maximum Gasteiger partial charge on any atom is 0.472 e. The molecule has 0 spiro atoms. The van der Waals surface area contributed by atoms with Crippen molar-refractivity contribution >= 4 is 19.8 Å². The van der Waals surface area contributed by atoms with Gasteiger partial charge >= 0.3 is 19.8 Å². The average molecular weight is 769 g/mol. The molecular formula is C42H73O10P. The fourth-order valence-corrected chi connectivity index (χ4v) is 5.76. The van der Waals surface area contributed by atoms with Crippen LogP contribution >= 0.6 is 7.82 Å². The Morgan fingerprint density at radius 2 is 0.981 bits per heavy atom. The molecule has 10 nitrogen and oxygen atoms in total. The predicted octanol–water partition coefficient (Wildman–Crippen LogP) is 10.3. The Labute approximate surface area is 321 Å². The highest BCUT2D eigenvalue weighted by atomic mass is 31.2. The van der Waals surface area contributed by atoms with E-state index in [4.69, 9.17) is 19.1 Å². The molecule has 0 bridgehead atoms. The summed E-state index contributed by atoms with van der Waals surface area (Å²) in [5, 5.41) is 18.3. The summed E-state index contributed by atoms with van der Waals surface area (Å²) >= 11 is 0. The van der Waals surface area contributed by atoms with Gasteiger partial charge in [0.2, 0.25) is 0 Å². The lowest BCUT2D eigenvalue weighted by atomic mass is 10.1. The molecular weight excluding hydrogens is 695 g/mol. The minimum absolute atomic E-state index is 0.130. The molecule has 0 heterocycles. The molecule has 3 atom stereocenters. The summed E-state index contributed by atoms with van der Waals surface area (Å²) < 4.78 is 32.6. The zero-order chi connectivity index (χ0) is 39.1. The summed E-state index contributed by atoms with van der Waals surface area (Å²) in [7, 11) is -4.63. The molecule has 0 saturated carbocycles. The number of ether oxygens (including phenoxy) is 2. The molecule has 1 unspecified atom stereocenters. The van der Waals surface area contributed by atoms with Gasteiger partial charge in [-0.3, -0.25) is 18.6 Å². The van der Waals surface area contributed by atoms with E-state index < -0.39 is 51.8 Å². The highest BCUT2D eigenvalue weighted by Crippen LogP contribution is 2.43. The molecule has 11 heteroatoms. The van der Waals surface area contributed by atoms with Gasteiger partial charge in [0.1, 0.15) is 12.7 Å². The fourth-order valence-electron chi connectivity index (χ4n) is 4.97. The van der Waals surface area contributed by atoms with Crippen LogP contribution in [0.4, 0.5) is 0 Å². The van der Waals surface area contributed by atoms with Crippen molar-refractivity contribution in [3.63, 3.8) is 0 Å². The number of unbranched alkanes of at least 4 members (excludes halogenated alkanes) is 13. The number of phosphoric acid groups is 1. The zero-order valence-corrected chi connectivity index (χ0v) is 33.9. The quantitative estimate of drug-likeness (QED) is 0.0241. The van der Waals surface area contributed by atoms with Gasteiger partial charge in [0.15, 0.2) is 6.10 Å². The smallest absolute Gasteiger partial charge is 0.462 e. The van der Waals surface area contributed by atoms with Crippen LogP contribution in [0.15, 0.2) is 60.8 Å². The molecule has 0 aromatic carbocycles. The van der Waals surface area contributed by atoms with Crippen LogP contribution in [-0.4, -0.2) is 65.7 Å². The van der Waals surface area contributed by atoms with Crippen LogP contribution in [0.1, 0.15) is 155 Å². The second-order valence-corrected chi connectivity index (χ2v) is 14.8. The van der Waals surface area contributed by atoms with E-state index in [0.717, 1.165) is 77.0 Å². The Balaban J connectivity index is 4.45. The van der Waals surface area contributed by atoms with Crippen LogP contribution in [0.25, 0.3) is 0 Å². The van der Waals surface area contributed by atoms with Crippen molar-refractivity contribution in [2.24, 2.45) is 0 Å². The number of carbonyl (C=O) groups is 2. The van der Waals surface area contributed by atoms with E-state index in [0.29, 0.717) is 12.8 Å². The van der Waals surface area contributed by atoms with Crippen LogP contribution < -0.4 is 0 Å². The van der Waals surface area contributed by atoms with Crippen molar-refractivity contribution in [1.82, 2.24) is 0 Å². The maximum absolute atomic E-state index is 12.6. The summed E-state index contributed by atoms with van der Waals surface area (Å²) in [6.07, 6.45) is 40.4. The number of allylic oxidation sites excluding steroid dienone is 10. The van der Waals surface area contributed by atoms with Gasteiger partial charge in [-0.25, -0.2) is 4.57 Å². The third-order valence-electron chi connectivity index (χ3n) is 8.14. The van der Waals surface area contributed by atoms with E-state index in [1.807, 2.05) is 0 Å². The van der Waals surface area contributed by atoms with Crippen LogP contribution in [-0.2, 0) is 32.7 Å². The molecule has 0 radical (unpaired) electrons. The molecule has 306 valence electrons. The van der Waals surface area contributed by atoms with Crippen LogP contribution in [0.3, 0.4) is 0 Å². The first-order chi connectivity index (χ1) is 25.7. The normalized spacial score (nSPS) is 14.6. The van der Waals surface area contributed by atoms with Crippen molar-refractivity contribution in [1.29, 1.82) is 0 Å². The summed E-state index contributed by atoms with van der Waals surface area (Å²) in [5.74, 6) is -0.992. The van der Waals surface area contributed by atoms with Crippen LogP contribution in [0.5, 0.6) is 0 Å². The van der Waals surface area contributed by atoms with Crippen molar-refractivity contribution in [2.75, 3.05) is 26.4 Å². The Morgan fingerprint density at radius 1 is 0.566 bits per heavy atom. The minimum atomic E-state index is -4.63. The molecule has 0 aliphatic heterocycles. The largest absolute Gasteiger partial charge is 0.472 e.